The summed E-state index contributed by atoms with van der Waals surface area (Å²) in [6, 6.07) is 13.7. The summed E-state index contributed by atoms with van der Waals surface area (Å²) in [7, 11) is 0. The number of anilines is 1. The van der Waals surface area contributed by atoms with Crippen LogP contribution in [0.3, 0.4) is 0 Å². The molecule has 2 rings (SSSR count). The van der Waals surface area contributed by atoms with Crippen molar-refractivity contribution >= 4 is 27.5 Å². The van der Waals surface area contributed by atoms with Gasteiger partial charge in [0, 0.05) is 15.7 Å². The summed E-state index contributed by atoms with van der Waals surface area (Å²) in [6.07, 6.45) is 3.49. The molecular formula is C18H20BrNO. The smallest absolute Gasteiger partial charge is 0.255 e. The van der Waals surface area contributed by atoms with Crippen molar-refractivity contribution in [3.05, 3.63) is 63.6 Å². The Hall–Kier alpha value is -1.61. The molecule has 0 spiro atoms. The van der Waals surface area contributed by atoms with E-state index in [2.05, 4.69) is 40.3 Å². The van der Waals surface area contributed by atoms with Gasteiger partial charge in [-0.05, 0) is 61.2 Å². The topological polar surface area (TPSA) is 29.1 Å². The Kier molecular flexibility index (Phi) is 5.57. The number of hydrogen-bond donors (Lipinski definition) is 1. The van der Waals surface area contributed by atoms with E-state index in [9.17, 15) is 4.79 Å². The van der Waals surface area contributed by atoms with E-state index in [0.29, 0.717) is 5.56 Å². The Morgan fingerprint density at radius 2 is 1.86 bits per heavy atom. The van der Waals surface area contributed by atoms with Crippen molar-refractivity contribution in [2.24, 2.45) is 0 Å². The Balaban J connectivity index is 2.03. The molecule has 0 atom stereocenters. The minimum atomic E-state index is -0.0769. The molecule has 3 heteroatoms. The van der Waals surface area contributed by atoms with Crippen molar-refractivity contribution < 1.29 is 4.79 Å². The van der Waals surface area contributed by atoms with Crippen LogP contribution in [0.25, 0.3) is 0 Å². The Labute approximate surface area is 134 Å². The molecule has 0 heterocycles. The highest BCUT2D eigenvalue weighted by Gasteiger charge is 2.07. The van der Waals surface area contributed by atoms with Gasteiger partial charge in [0.1, 0.15) is 0 Å². The van der Waals surface area contributed by atoms with Crippen molar-refractivity contribution in [2.45, 2.75) is 33.1 Å². The van der Waals surface area contributed by atoms with Gasteiger partial charge in [-0.2, -0.15) is 0 Å². The summed E-state index contributed by atoms with van der Waals surface area (Å²) in [5, 5.41) is 2.93. The van der Waals surface area contributed by atoms with E-state index in [1.807, 2.05) is 37.3 Å². The van der Waals surface area contributed by atoms with Gasteiger partial charge in [0.15, 0.2) is 0 Å². The fraction of sp³-hybridized carbons (Fsp3) is 0.278. The molecule has 1 N–H and O–H groups in total. The standard InChI is InChI=1S/C18H20BrNO/c1-3-4-5-14-6-9-16(10-7-14)20-18(21)15-8-11-17(19)13(2)12-15/h6-12H,3-5H2,1-2H3,(H,20,21). The summed E-state index contributed by atoms with van der Waals surface area (Å²) in [6.45, 7) is 4.16. The molecule has 0 aromatic heterocycles. The first-order valence-corrected chi connectivity index (χ1v) is 8.06. The average molecular weight is 346 g/mol. The molecule has 0 aliphatic carbocycles. The minimum absolute atomic E-state index is 0.0769. The minimum Gasteiger partial charge on any atom is -0.322 e. The molecule has 2 aromatic carbocycles. The molecule has 2 aromatic rings. The lowest BCUT2D eigenvalue weighted by molar-refractivity contribution is 0.102. The number of benzene rings is 2. The SMILES string of the molecule is CCCCc1ccc(NC(=O)c2ccc(Br)c(C)c2)cc1. The van der Waals surface area contributed by atoms with E-state index in [-0.39, 0.29) is 5.91 Å². The van der Waals surface area contributed by atoms with Crippen molar-refractivity contribution in [2.75, 3.05) is 5.32 Å². The lowest BCUT2D eigenvalue weighted by atomic mass is 10.1. The predicted molar refractivity (Wildman–Crippen MR) is 91.9 cm³/mol. The van der Waals surface area contributed by atoms with Crippen LogP contribution in [0, 0.1) is 6.92 Å². The quantitative estimate of drug-likeness (QED) is 0.777. The first-order chi connectivity index (χ1) is 10.1. The first-order valence-electron chi connectivity index (χ1n) is 7.26. The van der Waals surface area contributed by atoms with Gasteiger partial charge >= 0.3 is 0 Å². The van der Waals surface area contributed by atoms with E-state index < -0.39 is 0 Å². The van der Waals surface area contributed by atoms with Gasteiger partial charge in [-0.3, -0.25) is 4.79 Å². The Morgan fingerprint density at radius 1 is 1.14 bits per heavy atom. The van der Waals surface area contributed by atoms with Crippen LogP contribution in [0.5, 0.6) is 0 Å². The number of amides is 1. The zero-order valence-corrected chi connectivity index (χ0v) is 14.0. The number of hydrogen-bond acceptors (Lipinski definition) is 1. The van der Waals surface area contributed by atoms with Gasteiger partial charge < -0.3 is 5.32 Å². The van der Waals surface area contributed by atoms with Crippen molar-refractivity contribution in [3.63, 3.8) is 0 Å². The van der Waals surface area contributed by atoms with Crippen LogP contribution in [0.4, 0.5) is 5.69 Å². The monoisotopic (exact) mass is 345 g/mol. The number of carbonyl (C=O) groups excluding carboxylic acids is 1. The second-order valence-corrected chi connectivity index (χ2v) is 6.07. The van der Waals surface area contributed by atoms with Gasteiger partial charge in [0.2, 0.25) is 0 Å². The van der Waals surface area contributed by atoms with Crippen molar-refractivity contribution in [1.82, 2.24) is 0 Å². The number of unbranched alkanes of at least 4 members (excludes halogenated alkanes) is 1. The van der Waals surface area contributed by atoms with Crippen LogP contribution in [-0.4, -0.2) is 5.91 Å². The zero-order valence-electron chi connectivity index (χ0n) is 12.4. The molecule has 0 saturated heterocycles. The van der Waals surface area contributed by atoms with Crippen molar-refractivity contribution in [1.29, 1.82) is 0 Å². The number of aryl methyl sites for hydroxylation is 2. The Morgan fingerprint density at radius 3 is 2.48 bits per heavy atom. The van der Waals surface area contributed by atoms with Gasteiger partial charge in [0.25, 0.3) is 5.91 Å². The molecule has 0 saturated carbocycles. The van der Waals surface area contributed by atoms with Crippen LogP contribution in [-0.2, 0) is 6.42 Å². The maximum atomic E-state index is 12.2. The van der Waals surface area contributed by atoms with Crippen LogP contribution in [0.15, 0.2) is 46.9 Å². The second-order valence-electron chi connectivity index (χ2n) is 5.22. The number of carbonyl (C=O) groups is 1. The van der Waals surface area contributed by atoms with Gasteiger partial charge in [0.05, 0.1) is 0 Å². The molecule has 0 unspecified atom stereocenters. The molecule has 0 aliphatic heterocycles. The third-order valence-electron chi connectivity index (χ3n) is 3.45. The molecule has 1 amide bonds. The van der Waals surface area contributed by atoms with Crippen LogP contribution in [0.1, 0.15) is 41.3 Å². The summed E-state index contributed by atoms with van der Waals surface area (Å²) in [5.41, 5.74) is 3.87. The lowest BCUT2D eigenvalue weighted by Crippen LogP contribution is -2.12. The van der Waals surface area contributed by atoms with E-state index in [4.69, 9.17) is 0 Å². The number of halogens is 1. The number of nitrogens with one attached hydrogen (secondary N) is 1. The normalized spacial score (nSPS) is 10.4. The average Bonchev–Trinajstić information content (AvgIpc) is 2.49. The van der Waals surface area contributed by atoms with Crippen LogP contribution in [0.2, 0.25) is 0 Å². The molecule has 110 valence electrons. The number of rotatable bonds is 5. The fourth-order valence-electron chi connectivity index (χ4n) is 2.12. The maximum absolute atomic E-state index is 12.2. The van der Waals surface area contributed by atoms with E-state index in [1.165, 1.54) is 18.4 Å². The third kappa shape index (κ3) is 4.43. The molecule has 0 fully saturated rings. The molecule has 0 aliphatic rings. The predicted octanol–water partition coefficient (Wildman–Crippen LogP) is 5.35. The van der Waals surface area contributed by atoms with Crippen LogP contribution >= 0.6 is 15.9 Å². The lowest BCUT2D eigenvalue weighted by Gasteiger charge is -2.08. The first kappa shape index (κ1) is 15.8. The third-order valence-corrected chi connectivity index (χ3v) is 4.34. The highest BCUT2D eigenvalue weighted by Crippen LogP contribution is 2.18. The zero-order chi connectivity index (χ0) is 15.2. The molecular weight excluding hydrogens is 326 g/mol. The van der Waals surface area contributed by atoms with Gasteiger partial charge in [-0.25, -0.2) is 0 Å². The molecule has 0 radical (unpaired) electrons. The van der Waals surface area contributed by atoms with Gasteiger partial charge in [-0.15, -0.1) is 0 Å². The molecule has 2 nitrogen and oxygen atoms in total. The summed E-state index contributed by atoms with van der Waals surface area (Å²) in [5.74, 6) is -0.0769. The summed E-state index contributed by atoms with van der Waals surface area (Å²) < 4.78 is 1.01. The highest BCUT2D eigenvalue weighted by atomic mass is 79.9. The van der Waals surface area contributed by atoms with Gasteiger partial charge in [-0.1, -0.05) is 41.4 Å². The largest absolute Gasteiger partial charge is 0.322 e. The Bertz CT molecular complexity index is 620. The van der Waals surface area contributed by atoms with E-state index in [0.717, 1.165) is 22.1 Å². The summed E-state index contributed by atoms with van der Waals surface area (Å²) >= 11 is 3.44. The van der Waals surface area contributed by atoms with E-state index >= 15 is 0 Å². The van der Waals surface area contributed by atoms with Crippen molar-refractivity contribution in [3.8, 4) is 0 Å². The fourth-order valence-corrected chi connectivity index (χ4v) is 2.37. The summed E-state index contributed by atoms with van der Waals surface area (Å²) in [4.78, 5) is 12.2. The van der Waals surface area contributed by atoms with Crippen LogP contribution < -0.4 is 5.32 Å². The maximum Gasteiger partial charge on any atom is 0.255 e. The molecule has 0 bridgehead atoms. The van der Waals surface area contributed by atoms with E-state index in [1.54, 1.807) is 0 Å². The highest BCUT2D eigenvalue weighted by molar-refractivity contribution is 9.10. The molecule has 21 heavy (non-hydrogen) atoms. The second kappa shape index (κ2) is 7.41.